The van der Waals surface area contributed by atoms with Gasteiger partial charge in [0.25, 0.3) is 0 Å². The molecule has 0 aliphatic heterocycles. The summed E-state index contributed by atoms with van der Waals surface area (Å²) >= 11 is 0. The molecule has 3 aromatic rings. The molecular formula is C17H17N7O. The van der Waals surface area contributed by atoms with Crippen LogP contribution in [0, 0.1) is 22.2 Å². The fourth-order valence-corrected chi connectivity index (χ4v) is 3.79. The van der Waals surface area contributed by atoms with Crippen LogP contribution in [0.3, 0.4) is 0 Å². The summed E-state index contributed by atoms with van der Waals surface area (Å²) < 4.78 is 3.08. The van der Waals surface area contributed by atoms with E-state index >= 15 is 0 Å². The predicted octanol–water partition coefficient (Wildman–Crippen LogP) is 3.47. The van der Waals surface area contributed by atoms with Crippen molar-refractivity contribution in [1.29, 1.82) is 5.26 Å². The van der Waals surface area contributed by atoms with E-state index in [0.717, 1.165) is 23.8 Å². The van der Waals surface area contributed by atoms with Crippen LogP contribution in [-0.2, 0) is 0 Å². The largest absolute Gasteiger partial charge is 0.268 e. The lowest BCUT2D eigenvalue weighted by Crippen LogP contribution is -2.17. The van der Waals surface area contributed by atoms with Crippen LogP contribution in [0.2, 0.25) is 0 Å². The number of hydrogen-bond donors (Lipinski definition) is 0. The Hall–Kier alpha value is -3.08. The van der Waals surface area contributed by atoms with E-state index in [4.69, 9.17) is 0 Å². The Morgan fingerprint density at radius 1 is 1.36 bits per heavy atom. The first-order valence-corrected chi connectivity index (χ1v) is 8.39. The topological polar surface area (TPSA) is 102 Å². The molecule has 3 heterocycles. The second kappa shape index (κ2) is 6.43. The van der Waals surface area contributed by atoms with Crippen molar-refractivity contribution in [2.75, 3.05) is 0 Å². The molecule has 126 valence electrons. The highest BCUT2D eigenvalue weighted by molar-refractivity contribution is 5.90. The van der Waals surface area contributed by atoms with Gasteiger partial charge in [0.15, 0.2) is 5.65 Å². The molecule has 1 aliphatic rings. The quantitative estimate of drug-likeness (QED) is 0.664. The lowest BCUT2D eigenvalue weighted by atomic mass is 9.96. The molecule has 25 heavy (non-hydrogen) atoms. The molecule has 1 unspecified atom stereocenters. The molecule has 0 N–H and O–H groups in total. The molecule has 0 bridgehead atoms. The SMILES string of the molecule is N#CCC(C1CCCC1)n1cc(-c2ncnc3c2ccn3N=O)cn1. The van der Waals surface area contributed by atoms with Crippen molar-refractivity contribution in [1.82, 2.24) is 24.4 Å². The van der Waals surface area contributed by atoms with Crippen molar-refractivity contribution in [2.45, 2.75) is 38.1 Å². The Morgan fingerprint density at radius 3 is 2.96 bits per heavy atom. The summed E-state index contributed by atoms with van der Waals surface area (Å²) in [6.45, 7) is 0. The van der Waals surface area contributed by atoms with Crippen molar-refractivity contribution in [3.8, 4) is 17.3 Å². The number of aromatic nitrogens is 5. The van der Waals surface area contributed by atoms with Gasteiger partial charge in [-0.2, -0.15) is 15.0 Å². The van der Waals surface area contributed by atoms with Crippen molar-refractivity contribution < 1.29 is 0 Å². The summed E-state index contributed by atoms with van der Waals surface area (Å²) in [5.41, 5.74) is 2.02. The monoisotopic (exact) mass is 335 g/mol. The molecular weight excluding hydrogens is 318 g/mol. The van der Waals surface area contributed by atoms with E-state index in [1.165, 1.54) is 23.8 Å². The van der Waals surface area contributed by atoms with E-state index in [0.29, 0.717) is 23.7 Å². The minimum Gasteiger partial charge on any atom is -0.268 e. The fraction of sp³-hybridized carbons (Fsp3) is 0.412. The first-order valence-electron chi connectivity index (χ1n) is 8.39. The number of fused-ring (bicyclic) bond motifs is 1. The maximum absolute atomic E-state index is 10.8. The third kappa shape index (κ3) is 2.67. The third-order valence-corrected chi connectivity index (χ3v) is 5.01. The van der Waals surface area contributed by atoms with Gasteiger partial charge in [0, 0.05) is 23.3 Å². The molecule has 0 aromatic carbocycles. The number of hydrogen-bond acceptors (Lipinski definition) is 6. The number of nitrogens with zero attached hydrogens (tertiary/aromatic N) is 7. The number of nitriles is 1. The van der Waals surface area contributed by atoms with E-state index < -0.39 is 0 Å². The van der Waals surface area contributed by atoms with Crippen molar-refractivity contribution in [3.63, 3.8) is 0 Å². The zero-order chi connectivity index (χ0) is 17.2. The summed E-state index contributed by atoms with van der Waals surface area (Å²) in [5.74, 6) is 0.498. The van der Waals surface area contributed by atoms with Gasteiger partial charge in [-0.15, -0.1) is 4.91 Å². The zero-order valence-electron chi connectivity index (χ0n) is 13.6. The zero-order valence-corrected chi connectivity index (χ0v) is 13.6. The first-order chi connectivity index (χ1) is 12.3. The molecule has 1 fully saturated rings. The van der Waals surface area contributed by atoms with Crippen LogP contribution >= 0.6 is 0 Å². The number of nitroso groups, excluding NO2 is 1. The van der Waals surface area contributed by atoms with E-state index in [9.17, 15) is 10.2 Å². The van der Waals surface area contributed by atoms with Crippen molar-refractivity contribution in [3.05, 3.63) is 35.9 Å². The van der Waals surface area contributed by atoms with E-state index in [1.807, 2.05) is 10.9 Å². The molecule has 0 saturated heterocycles. The maximum Gasteiger partial charge on any atom is 0.167 e. The lowest BCUT2D eigenvalue weighted by molar-refractivity contribution is 0.315. The van der Waals surface area contributed by atoms with Crippen LogP contribution in [0.15, 0.2) is 36.3 Å². The first kappa shape index (κ1) is 15.4. The second-order valence-electron chi connectivity index (χ2n) is 6.38. The fourth-order valence-electron chi connectivity index (χ4n) is 3.79. The van der Waals surface area contributed by atoms with Crippen LogP contribution in [0.25, 0.3) is 22.3 Å². The van der Waals surface area contributed by atoms with Gasteiger partial charge in [0.05, 0.1) is 35.7 Å². The van der Waals surface area contributed by atoms with E-state index in [1.54, 1.807) is 18.5 Å². The van der Waals surface area contributed by atoms with Crippen LogP contribution in [0.5, 0.6) is 0 Å². The maximum atomic E-state index is 10.8. The van der Waals surface area contributed by atoms with Crippen LogP contribution in [-0.4, -0.2) is 24.4 Å². The van der Waals surface area contributed by atoms with E-state index in [2.05, 4.69) is 26.4 Å². The summed E-state index contributed by atoms with van der Waals surface area (Å²) in [6, 6.07) is 4.16. The van der Waals surface area contributed by atoms with Gasteiger partial charge in [-0.1, -0.05) is 12.8 Å². The molecule has 1 atom stereocenters. The molecule has 0 spiro atoms. The smallest absolute Gasteiger partial charge is 0.167 e. The summed E-state index contributed by atoms with van der Waals surface area (Å²) in [6.07, 6.45) is 11.9. The molecule has 0 radical (unpaired) electrons. The molecule has 1 aliphatic carbocycles. The van der Waals surface area contributed by atoms with Crippen LogP contribution in [0.1, 0.15) is 38.1 Å². The van der Waals surface area contributed by atoms with Gasteiger partial charge >= 0.3 is 0 Å². The van der Waals surface area contributed by atoms with Gasteiger partial charge in [0.2, 0.25) is 0 Å². The molecule has 0 amide bonds. The minimum absolute atomic E-state index is 0.0971. The highest BCUT2D eigenvalue weighted by atomic mass is 16.3. The molecule has 8 heteroatoms. The Bertz CT molecular complexity index is 945. The van der Waals surface area contributed by atoms with Gasteiger partial charge < -0.3 is 0 Å². The molecule has 4 rings (SSSR count). The molecule has 1 saturated carbocycles. The summed E-state index contributed by atoms with van der Waals surface area (Å²) in [4.78, 5) is 19.3. The average molecular weight is 335 g/mol. The normalized spacial score (nSPS) is 16.1. The van der Waals surface area contributed by atoms with Gasteiger partial charge in [-0.25, -0.2) is 9.97 Å². The number of rotatable bonds is 5. The van der Waals surface area contributed by atoms with Gasteiger partial charge in [-0.3, -0.25) is 4.68 Å². The van der Waals surface area contributed by atoms with Crippen molar-refractivity contribution in [2.24, 2.45) is 11.2 Å². The average Bonchev–Trinajstić information content (AvgIpc) is 3.39. The standard InChI is InChI=1S/C17H17N7O/c18-7-5-15(12-3-1-2-4-12)24-10-13(9-21-24)16-14-6-8-23(22-25)17(14)20-11-19-16/h6,8-12,15H,1-5H2. The Labute approximate surface area is 144 Å². The Morgan fingerprint density at radius 2 is 2.20 bits per heavy atom. The van der Waals surface area contributed by atoms with E-state index in [-0.39, 0.29) is 6.04 Å². The highest BCUT2D eigenvalue weighted by Gasteiger charge is 2.27. The Balaban J connectivity index is 1.72. The van der Waals surface area contributed by atoms with Gasteiger partial charge in [-0.05, 0) is 24.8 Å². The Kier molecular flexibility index (Phi) is 3.98. The van der Waals surface area contributed by atoms with Gasteiger partial charge in [0.1, 0.15) is 6.33 Å². The van der Waals surface area contributed by atoms with Crippen LogP contribution < -0.4 is 0 Å². The highest BCUT2D eigenvalue weighted by Crippen LogP contribution is 2.36. The molecule has 3 aromatic heterocycles. The summed E-state index contributed by atoms with van der Waals surface area (Å²) in [7, 11) is 0. The second-order valence-corrected chi connectivity index (χ2v) is 6.38. The minimum atomic E-state index is 0.0971. The predicted molar refractivity (Wildman–Crippen MR) is 91.2 cm³/mol. The summed E-state index contributed by atoms with van der Waals surface area (Å²) in [5, 5.41) is 17.4. The van der Waals surface area contributed by atoms with Crippen molar-refractivity contribution >= 4 is 11.0 Å². The van der Waals surface area contributed by atoms with Crippen LogP contribution in [0.4, 0.5) is 0 Å². The molecule has 8 nitrogen and oxygen atoms in total. The lowest BCUT2D eigenvalue weighted by Gasteiger charge is -2.21. The third-order valence-electron chi connectivity index (χ3n) is 5.01.